The van der Waals surface area contributed by atoms with Gasteiger partial charge in [0.05, 0.1) is 25.7 Å². The maximum Gasteiger partial charge on any atom is 0.254 e. The van der Waals surface area contributed by atoms with Crippen molar-refractivity contribution in [2.45, 2.75) is 18.5 Å². The van der Waals surface area contributed by atoms with E-state index in [2.05, 4.69) is 15.3 Å². The molecule has 0 aliphatic heterocycles. The second-order valence-electron chi connectivity index (χ2n) is 6.73. The van der Waals surface area contributed by atoms with Gasteiger partial charge in [-0.1, -0.05) is 41.0 Å². The molecule has 0 atom stereocenters. The van der Waals surface area contributed by atoms with Crippen molar-refractivity contribution in [3.05, 3.63) is 73.6 Å². The highest BCUT2D eigenvalue weighted by molar-refractivity contribution is 7.99. The topological polar surface area (TPSA) is 93.3 Å². The van der Waals surface area contributed by atoms with Crippen LogP contribution in [0.2, 0.25) is 10.0 Å². The Kier molecular flexibility index (Phi) is 8.06. The molecule has 1 heterocycles. The number of carbonyl (C=O) groups is 1. The quantitative estimate of drug-likeness (QED) is 0.348. The molecule has 0 saturated carbocycles. The third-order valence-electron chi connectivity index (χ3n) is 4.64. The first-order valence-electron chi connectivity index (χ1n) is 9.49. The van der Waals surface area contributed by atoms with Crippen LogP contribution in [0.1, 0.15) is 16.8 Å². The number of aromatic amines is 1. The monoisotopic (exact) mass is 493 g/mol. The average molecular weight is 494 g/mol. The van der Waals surface area contributed by atoms with Gasteiger partial charge in [-0.25, -0.2) is 4.98 Å². The first kappa shape index (κ1) is 24.0. The average Bonchev–Trinajstić information content (AvgIpc) is 2.77. The van der Waals surface area contributed by atoms with Crippen LogP contribution in [-0.2, 0) is 11.2 Å². The minimum atomic E-state index is -0.277. The van der Waals surface area contributed by atoms with Crippen LogP contribution < -0.4 is 20.3 Å². The van der Waals surface area contributed by atoms with Crippen LogP contribution in [0.3, 0.4) is 0 Å². The Labute approximate surface area is 199 Å². The number of nitrogens with one attached hydrogen (secondary N) is 2. The lowest BCUT2D eigenvalue weighted by molar-refractivity contribution is -0.113. The smallest absolute Gasteiger partial charge is 0.254 e. The molecule has 1 amide bonds. The second kappa shape index (κ2) is 10.8. The molecule has 3 aromatic rings. The summed E-state index contributed by atoms with van der Waals surface area (Å²) in [5, 5.41) is 4.12. The number of ether oxygens (including phenoxy) is 2. The highest BCUT2D eigenvalue weighted by Gasteiger charge is 2.14. The van der Waals surface area contributed by atoms with Gasteiger partial charge < -0.3 is 19.8 Å². The van der Waals surface area contributed by atoms with Crippen LogP contribution in [0.4, 0.5) is 5.69 Å². The number of thioether (sulfide) groups is 1. The van der Waals surface area contributed by atoms with Gasteiger partial charge in [0.15, 0.2) is 16.7 Å². The van der Waals surface area contributed by atoms with Crippen molar-refractivity contribution in [3.63, 3.8) is 0 Å². The molecule has 3 rings (SSSR count). The first-order chi connectivity index (χ1) is 15.3. The second-order valence-corrected chi connectivity index (χ2v) is 8.50. The Balaban J connectivity index is 1.71. The zero-order valence-electron chi connectivity index (χ0n) is 17.6. The Hall–Kier alpha value is -2.68. The van der Waals surface area contributed by atoms with Crippen LogP contribution in [0, 0.1) is 6.92 Å². The lowest BCUT2D eigenvalue weighted by Gasteiger charge is -2.11. The van der Waals surface area contributed by atoms with E-state index < -0.39 is 0 Å². The number of anilines is 1. The summed E-state index contributed by atoms with van der Waals surface area (Å²) in [7, 11) is 3.06. The minimum absolute atomic E-state index is 0.0482. The molecule has 2 aromatic carbocycles. The van der Waals surface area contributed by atoms with Gasteiger partial charge in [-0.05, 0) is 36.8 Å². The number of aromatic nitrogens is 2. The fourth-order valence-corrected chi connectivity index (χ4v) is 4.12. The molecule has 168 valence electrons. The van der Waals surface area contributed by atoms with Gasteiger partial charge in [0.1, 0.15) is 0 Å². The molecule has 0 aliphatic rings. The van der Waals surface area contributed by atoms with Gasteiger partial charge in [0.2, 0.25) is 5.91 Å². The standard InChI is InChI=1S/C22H21Cl2N3O4S/c1-12-17(10-14-15(23)5-4-6-16(14)24)26-22(27-21(12)29)32-11-20(28)25-13-7-8-18(30-2)19(9-13)31-3/h4-9H,10-11H2,1-3H3,(H,25,28)(H,26,27,29). The predicted octanol–water partition coefficient (Wildman–Crippen LogP) is 4.72. The van der Waals surface area contributed by atoms with Crippen molar-refractivity contribution < 1.29 is 14.3 Å². The summed E-state index contributed by atoms with van der Waals surface area (Å²) in [4.78, 5) is 32.0. The minimum Gasteiger partial charge on any atom is -0.493 e. The van der Waals surface area contributed by atoms with E-state index in [4.69, 9.17) is 32.7 Å². The van der Waals surface area contributed by atoms with Crippen LogP contribution >= 0.6 is 35.0 Å². The molecule has 0 radical (unpaired) electrons. The van der Waals surface area contributed by atoms with Crippen LogP contribution in [0.25, 0.3) is 0 Å². The number of hydrogen-bond acceptors (Lipinski definition) is 6. The van der Waals surface area contributed by atoms with E-state index in [1.807, 2.05) is 0 Å². The van der Waals surface area contributed by atoms with Gasteiger partial charge in [-0.15, -0.1) is 0 Å². The fraction of sp³-hybridized carbons (Fsp3) is 0.227. The molecule has 0 fully saturated rings. The summed E-state index contributed by atoms with van der Waals surface area (Å²) in [6.45, 7) is 1.68. The van der Waals surface area contributed by atoms with Crippen molar-refractivity contribution >= 4 is 46.6 Å². The maximum absolute atomic E-state index is 12.4. The lowest BCUT2D eigenvalue weighted by Crippen LogP contribution is -2.18. The Morgan fingerprint density at radius 2 is 1.81 bits per heavy atom. The van der Waals surface area contributed by atoms with Gasteiger partial charge in [-0.2, -0.15) is 0 Å². The number of hydrogen-bond donors (Lipinski definition) is 2. The molecule has 2 N–H and O–H groups in total. The summed E-state index contributed by atoms with van der Waals surface area (Å²) < 4.78 is 10.4. The Bertz CT molecular complexity index is 1180. The number of carbonyl (C=O) groups excluding carboxylic acids is 1. The van der Waals surface area contributed by atoms with E-state index in [1.165, 1.54) is 14.2 Å². The summed E-state index contributed by atoms with van der Waals surface area (Å²) in [6.07, 6.45) is 0.305. The molecule has 0 unspecified atom stereocenters. The van der Waals surface area contributed by atoms with Crippen molar-refractivity contribution in [3.8, 4) is 11.5 Å². The molecule has 32 heavy (non-hydrogen) atoms. The van der Waals surface area contributed by atoms with Crippen molar-refractivity contribution in [1.82, 2.24) is 9.97 Å². The Morgan fingerprint density at radius 1 is 1.12 bits per heavy atom. The number of H-pyrrole nitrogens is 1. The zero-order chi connectivity index (χ0) is 23.3. The van der Waals surface area contributed by atoms with Crippen molar-refractivity contribution in [2.24, 2.45) is 0 Å². The highest BCUT2D eigenvalue weighted by atomic mass is 35.5. The van der Waals surface area contributed by atoms with Crippen molar-refractivity contribution in [1.29, 1.82) is 0 Å². The molecule has 1 aromatic heterocycles. The number of amides is 1. The number of rotatable bonds is 8. The number of methoxy groups -OCH3 is 2. The fourth-order valence-electron chi connectivity index (χ4n) is 2.91. The lowest BCUT2D eigenvalue weighted by atomic mass is 10.1. The molecule has 0 aliphatic carbocycles. The third-order valence-corrected chi connectivity index (χ3v) is 6.23. The van der Waals surface area contributed by atoms with Gasteiger partial charge in [0, 0.05) is 33.8 Å². The summed E-state index contributed by atoms with van der Waals surface area (Å²) in [5.74, 6) is 0.853. The molecule has 7 nitrogen and oxygen atoms in total. The molecule has 10 heteroatoms. The van der Waals surface area contributed by atoms with E-state index in [0.29, 0.717) is 55.6 Å². The first-order valence-corrected chi connectivity index (χ1v) is 11.2. The van der Waals surface area contributed by atoms with Crippen molar-refractivity contribution in [2.75, 3.05) is 25.3 Å². The summed E-state index contributed by atoms with van der Waals surface area (Å²) >= 11 is 13.6. The predicted molar refractivity (Wildman–Crippen MR) is 128 cm³/mol. The number of benzene rings is 2. The van der Waals surface area contributed by atoms with Crippen LogP contribution in [-0.4, -0.2) is 35.8 Å². The van der Waals surface area contributed by atoms with Gasteiger partial charge in [0.25, 0.3) is 5.56 Å². The molecular weight excluding hydrogens is 473 g/mol. The molecule has 0 bridgehead atoms. The molecule has 0 spiro atoms. The van der Waals surface area contributed by atoms with Gasteiger partial charge in [-0.3, -0.25) is 9.59 Å². The van der Waals surface area contributed by atoms with E-state index in [-0.39, 0.29) is 17.2 Å². The largest absolute Gasteiger partial charge is 0.493 e. The van der Waals surface area contributed by atoms with E-state index in [1.54, 1.807) is 43.3 Å². The van der Waals surface area contributed by atoms with Crippen LogP contribution in [0.15, 0.2) is 46.3 Å². The summed E-state index contributed by atoms with van der Waals surface area (Å²) in [6, 6.07) is 10.3. The molecular formula is C22H21Cl2N3O4S. The zero-order valence-corrected chi connectivity index (χ0v) is 20.0. The number of halogens is 2. The van der Waals surface area contributed by atoms with E-state index in [0.717, 1.165) is 11.8 Å². The Morgan fingerprint density at radius 3 is 2.47 bits per heavy atom. The normalized spacial score (nSPS) is 10.7. The molecule has 0 saturated heterocycles. The third kappa shape index (κ3) is 5.76. The number of nitrogens with zero attached hydrogens (tertiary/aromatic N) is 1. The highest BCUT2D eigenvalue weighted by Crippen LogP contribution is 2.30. The van der Waals surface area contributed by atoms with Crippen LogP contribution in [0.5, 0.6) is 11.5 Å². The maximum atomic E-state index is 12.4. The van der Waals surface area contributed by atoms with Gasteiger partial charge >= 0.3 is 0 Å². The van der Waals surface area contributed by atoms with E-state index >= 15 is 0 Å². The summed E-state index contributed by atoms with van der Waals surface area (Å²) in [5.41, 5.74) is 2.00. The van der Waals surface area contributed by atoms with E-state index in [9.17, 15) is 9.59 Å². The SMILES string of the molecule is COc1ccc(NC(=O)CSc2nc(Cc3c(Cl)cccc3Cl)c(C)c(=O)[nH]2)cc1OC.